The van der Waals surface area contributed by atoms with E-state index in [2.05, 4.69) is 26.8 Å². The highest BCUT2D eigenvalue weighted by Crippen LogP contribution is 2.18. The van der Waals surface area contributed by atoms with Gasteiger partial charge in [-0.25, -0.2) is 9.97 Å². The van der Waals surface area contributed by atoms with Crippen LogP contribution in [-0.4, -0.2) is 36.1 Å². The maximum atomic E-state index is 4.51. The predicted molar refractivity (Wildman–Crippen MR) is 80.0 cm³/mol. The molecule has 0 aliphatic carbocycles. The van der Waals surface area contributed by atoms with Crippen LogP contribution >= 0.6 is 11.3 Å². The molecule has 102 valence electrons. The summed E-state index contributed by atoms with van der Waals surface area (Å²) in [7, 11) is 5.90. The zero-order valence-electron chi connectivity index (χ0n) is 11.8. The summed E-state index contributed by atoms with van der Waals surface area (Å²) in [5.74, 6) is 1.63. The van der Waals surface area contributed by atoms with E-state index in [-0.39, 0.29) is 0 Å². The summed E-state index contributed by atoms with van der Waals surface area (Å²) < 4.78 is 0. The Morgan fingerprint density at radius 3 is 2.63 bits per heavy atom. The standard InChI is InChI=1S/C13H19N5S/c1-5-10-8-15-12(19-10)9-18(4)11-6-7-14-13(16-11)17(2)3/h6-8H,5,9H2,1-4H3. The first kappa shape index (κ1) is 13.7. The van der Waals surface area contributed by atoms with Crippen LogP contribution in [0.15, 0.2) is 18.5 Å². The molecule has 0 fully saturated rings. The maximum Gasteiger partial charge on any atom is 0.226 e. The van der Waals surface area contributed by atoms with E-state index in [1.54, 1.807) is 17.5 Å². The van der Waals surface area contributed by atoms with Gasteiger partial charge in [0.15, 0.2) is 0 Å². The SMILES string of the molecule is CCc1cnc(CN(C)c2ccnc(N(C)C)n2)s1. The molecule has 0 spiro atoms. The Bertz CT molecular complexity index is 537. The van der Waals surface area contributed by atoms with Crippen molar-refractivity contribution in [3.8, 4) is 0 Å². The highest BCUT2D eigenvalue weighted by atomic mass is 32.1. The normalized spacial score (nSPS) is 10.5. The molecule has 0 aliphatic rings. The highest BCUT2D eigenvalue weighted by Gasteiger charge is 2.09. The molecule has 2 rings (SSSR count). The zero-order chi connectivity index (χ0) is 13.8. The molecule has 5 nitrogen and oxygen atoms in total. The van der Waals surface area contributed by atoms with Gasteiger partial charge in [-0.2, -0.15) is 4.98 Å². The van der Waals surface area contributed by atoms with Crippen LogP contribution in [0.1, 0.15) is 16.8 Å². The second-order valence-electron chi connectivity index (χ2n) is 4.54. The molecule has 0 saturated heterocycles. The van der Waals surface area contributed by atoms with Crippen LogP contribution in [0.3, 0.4) is 0 Å². The average Bonchev–Trinajstić information content (AvgIpc) is 2.86. The number of hydrogen-bond donors (Lipinski definition) is 0. The van der Waals surface area contributed by atoms with E-state index >= 15 is 0 Å². The van der Waals surface area contributed by atoms with Gasteiger partial charge in [-0.1, -0.05) is 6.92 Å². The first-order chi connectivity index (χ1) is 9.10. The van der Waals surface area contributed by atoms with Gasteiger partial charge in [-0.3, -0.25) is 0 Å². The number of aryl methyl sites for hydroxylation is 1. The van der Waals surface area contributed by atoms with E-state index in [9.17, 15) is 0 Å². The minimum atomic E-state index is 0.720. The van der Waals surface area contributed by atoms with Crippen LogP contribution < -0.4 is 9.80 Å². The van der Waals surface area contributed by atoms with Gasteiger partial charge in [0.1, 0.15) is 10.8 Å². The summed E-state index contributed by atoms with van der Waals surface area (Å²) in [6, 6.07) is 1.92. The summed E-state index contributed by atoms with van der Waals surface area (Å²) in [5.41, 5.74) is 0. The molecule has 0 saturated carbocycles. The molecule has 0 aromatic carbocycles. The fraction of sp³-hybridized carbons (Fsp3) is 0.462. The van der Waals surface area contributed by atoms with E-state index in [1.165, 1.54) is 4.88 Å². The molecule has 0 N–H and O–H groups in total. The van der Waals surface area contributed by atoms with E-state index in [4.69, 9.17) is 0 Å². The number of thiazole rings is 1. The summed E-state index contributed by atoms with van der Waals surface area (Å²) in [4.78, 5) is 18.5. The van der Waals surface area contributed by atoms with Gasteiger partial charge >= 0.3 is 0 Å². The Balaban J connectivity index is 2.10. The van der Waals surface area contributed by atoms with Gasteiger partial charge in [0.25, 0.3) is 0 Å². The van der Waals surface area contributed by atoms with Crippen LogP contribution in [0.2, 0.25) is 0 Å². The van der Waals surface area contributed by atoms with Gasteiger partial charge in [0.2, 0.25) is 5.95 Å². The number of aromatic nitrogens is 3. The van der Waals surface area contributed by atoms with E-state index < -0.39 is 0 Å². The fourth-order valence-corrected chi connectivity index (χ4v) is 2.55. The zero-order valence-corrected chi connectivity index (χ0v) is 12.6. The smallest absolute Gasteiger partial charge is 0.226 e. The lowest BCUT2D eigenvalue weighted by Gasteiger charge is -2.18. The molecule has 0 aliphatic heterocycles. The lowest BCUT2D eigenvalue weighted by Crippen LogP contribution is -2.20. The Hall–Kier alpha value is -1.69. The van der Waals surface area contributed by atoms with Crippen LogP contribution in [-0.2, 0) is 13.0 Å². The van der Waals surface area contributed by atoms with Crippen LogP contribution in [0.4, 0.5) is 11.8 Å². The van der Waals surface area contributed by atoms with Crippen molar-refractivity contribution in [2.24, 2.45) is 0 Å². The van der Waals surface area contributed by atoms with Crippen LogP contribution in [0.5, 0.6) is 0 Å². The van der Waals surface area contributed by atoms with Crippen molar-refractivity contribution in [2.75, 3.05) is 30.9 Å². The van der Waals surface area contributed by atoms with Crippen molar-refractivity contribution in [3.05, 3.63) is 28.3 Å². The van der Waals surface area contributed by atoms with E-state index in [1.807, 2.05) is 38.3 Å². The average molecular weight is 277 g/mol. The molecule has 2 aromatic rings. The van der Waals surface area contributed by atoms with Gasteiger partial charge in [-0.15, -0.1) is 11.3 Å². The quantitative estimate of drug-likeness (QED) is 0.838. The second-order valence-corrected chi connectivity index (χ2v) is 5.74. The van der Waals surface area contributed by atoms with Crippen LogP contribution in [0, 0.1) is 0 Å². The third-order valence-electron chi connectivity index (χ3n) is 2.74. The topological polar surface area (TPSA) is 45.2 Å². The van der Waals surface area contributed by atoms with Gasteiger partial charge < -0.3 is 9.80 Å². The van der Waals surface area contributed by atoms with E-state index in [0.29, 0.717) is 0 Å². The number of hydrogen-bond acceptors (Lipinski definition) is 6. The number of rotatable bonds is 5. The molecular formula is C13H19N5S. The molecule has 0 unspecified atom stereocenters. The fourth-order valence-electron chi connectivity index (χ4n) is 1.64. The van der Waals surface area contributed by atoms with Crippen LogP contribution in [0.25, 0.3) is 0 Å². The molecular weight excluding hydrogens is 258 g/mol. The first-order valence-electron chi connectivity index (χ1n) is 6.25. The monoisotopic (exact) mass is 277 g/mol. The molecule has 0 radical (unpaired) electrons. The van der Waals surface area contributed by atoms with Crippen molar-refractivity contribution in [2.45, 2.75) is 19.9 Å². The molecule has 0 atom stereocenters. The molecule has 2 aromatic heterocycles. The van der Waals surface area contributed by atoms with Crippen molar-refractivity contribution in [1.29, 1.82) is 0 Å². The lowest BCUT2D eigenvalue weighted by atomic mass is 10.4. The van der Waals surface area contributed by atoms with E-state index in [0.717, 1.165) is 29.7 Å². The number of anilines is 2. The summed E-state index contributed by atoms with van der Waals surface area (Å²) in [6.07, 6.45) is 4.78. The Kier molecular flexibility index (Phi) is 4.31. The molecule has 0 amide bonds. The van der Waals surface area contributed by atoms with Gasteiger partial charge in [0, 0.05) is 38.4 Å². The van der Waals surface area contributed by atoms with Gasteiger partial charge in [0.05, 0.1) is 6.54 Å². The Morgan fingerprint density at radius 1 is 1.21 bits per heavy atom. The predicted octanol–water partition coefficient (Wildman–Crippen LogP) is 2.20. The molecule has 6 heteroatoms. The molecule has 0 bridgehead atoms. The molecule has 2 heterocycles. The third-order valence-corrected chi connectivity index (χ3v) is 3.87. The summed E-state index contributed by atoms with van der Waals surface area (Å²) in [6.45, 7) is 2.92. The summed E-state index contributed by atoms with van der Waals surface area (Å²) in [5, 5.41) is 1.12. The first-order valence-corrected chi connectivity index (χ1v) is 7.07. The molecule has 19 heavy (non-hydrogen) atoms. The van der Waals surface area contributed by atoms with Gasteiger partial charge in [-0.05, 0) is 12.5 Å². The summed E-state index contributed by atoms with van der Waals surface area (Å²) >= 11 is 1.76. The highest BCUT2D eigenvalue weighted by molar-refractivity contribution is 7.11. The van der Waals surface area contributed by atoms with Crippen molar-refractivity contribution in [1.82, 2.24) is 15.0 Å². The van der Waals surface area contributed by atoms with Crippen molar-refractivity contribution >= 4 is 23.1 Å². The largest absolute Gasteiger partial charge is 0.353 e. The van der Waals surface area contributed by atoms with Crippen molar-refractivity contribution in [3.63, 3.8) is 0 Å². The minimum absolute atomic E-state index is 0.720. The Morgan fingerprint density at radius 2 is 2.00 bits per heavy atom. The second kappa shape index (κ2) is 5.97. The Labute approximate surface area is 117 Å². The third kappa shape index (κ3) is 3.41. The van der Waals surface area contributed by atoms with Crippen molar-refractivity contribution < 1.29 is 0 Å². The maximum absolute atomic E-state index is 4.51. The number of nitrogens with zero attached hydrogens (tertiary/aromatic N) is 5. The minimum Gasteiger partial charge on any atom is -0.353 e. The lowest BCUT2D eigenvalue weighted by molar-refractivity contribution is 0.873.